The van der Waals surface area contributed by atoms with Crippen LogP contribution in [0, 0.1) is 0 Å². The summed E-state index contributed by atoms with van der Waals surface area (Å²) in [5.74, 6) is 0. The molecule has 0 amide bonds. The fraction of sp³-hybridized carbons (Fsp3) is 0. The molecule has 0 aliphatic carbocycles. The van der Waals surface area contributed by atoms with Crippen LogP contribution >= 0.6 is 0 Å². The Morgan fingerprint density at radius 2 is 0.770 bits per heavy atom. The van der Waals surface area contributed by atoms with Gasteiger partial charge in [-0.1, -0.05) is 164 Å². The van der Waals surface area contributed by atoms with Crippen molar-refractivity contribution >= 4 is 86.7 Å². The third-order valence-corrected chi connectivity index (χ3v) is 12.8. The van der Waals surface area contributed by atoms with Crippen LogP contribution in [-0.2, 0) is 0 Å². The molecule has 0 saturated heterocycles. The van der Waals surface area contributed by atoms with Crippen LogP contribution in [0.15, 0.2) is 217 Å². The fourth-order valence-electron chi connectivity index (χ4n) is 9.95. The summed E-state index contributed by atoms with van der Waals surface area (Å²) in [5.41, 5.74) is 11.9. The molecular formula is C59H35NO. The molecule has 0 saturated carbocycles. The lowest BCUT2D eigenvalue weighted by atomic mass is 9.87. The Kier molecular flexibility index (Phi) is 7.34. The molecule has 0 unspecified atom stereocenters. The highest BCUT2D eigenvalue weighted by Crippen LogP contribution is 2.44. The predicted molar refractivity (Wildman–Crippen MR) is 258 cm³/mol. The minimum Gasteiger partial charge on any atom is -0.455 e. The van der Waals surface area contributed by atoms with Crippen molar-refractivity contribution in [2.75, 3.05) is 0 Å². The molecule has 2 nitrogen and oxygen atoms in total. The van der Waals surface area contributed by atoms with Gasteiger partial charge in [-0.15, -0.1) is 0 Å². The molecule has 2 aromatic heterocycles. The summed E-state index contributed by atoms with van der Waals surface area (Å²) in [5, 5.41) is 15.5. The molecule has 0 atom stereocenters. The zero-order valence-corrected chi connectivity index (χ0v) is 33.1. The topological polar surface area (TPSA) is 26.0 Å². The first kappa shape index (κ1) is 33.9. The number of aromatic nitrogens is 1. The van der Waals surface area contributed by atoms with Gasteiger partial charge in [0, 0.05) is 32.5 Å². The van der Waals surface area contributed by atoms with Gasteiger partial charge >= 0.3 is 0 Å². The van der Waals surface area contributed by atoms with E-state index in [1.54, 1.807) is 0 Å². The summed E-state index contributed by atoms with van der Waals surface area (Å²) in [6, 6.07) is 77.2. The molecule has 0 aliphatic heterocycles. The summed E-state index contributed by atoms with van der Waals surface area (Å²) in [6.07, 6.45) is 0. The molecule has 13 aromatic rings. The van der Waals surface area contributed by atoms with Gasteiger partial charge in [0.2, 0.25) is 0 Å². The Labute approximate surface area is 351 Å². The second-order valence-corrected chi connectivity index (χ2v) is 16.2. The summed E-state index contributed by atoms with van der Waals surface area (Å²) in [4.78, 5) is 5.31. The van der Waals surface area contributed by atoms with Gasteiger partial charge in [-0.25, -0.2) is 4.98 Å². The lowest BCUT2D eigenvalue weighted by molar-refractivity contribution is 0.673. The number of para-hydroxylation sites is 2. The molecule has 61 heavy (non-hydrogen) atoms. The first-order valence-electron chi connectivity index (χ1n) is 20.9. The van der Waals surface area contributed by atoms with E-state index in [0.717, 1.165) is 66.0 Å². The Balaban J connectivity index is 1.03. The third kappa shape index (κ3) is 5.26. The lowest BCUT2D eigenvalue weighted by Gasteiger charge is -2.17. The van der Waals surface area contributed by atoms with E-state index >= 15 is 0 Å². The molecule has 0 N–H and O–H groups in total. The lowest BCUT2D eigenvalue weighted by Crippen LogP contribution is -1.91. The summed E-state index contributed by atoms with van der Waals surface area (Å²) >= 11 is 0. The van der Waals surface area contributed by atoms with Gasteiger partial charge in [-0.05, 0) is 125 Å². The zero-order valence-electron chi connectivity index (χ0n) is 33.1. The number of hydrogen-bond donors (Lipinski definition) is 0. The van der Waals surface area contributed by atoms with Gasteiger partial charge in [0.1, 0.15) is 11.2 Å². The normalized spacial score (nSPS) is 11.9. The molecule has 2 heterocycles. The van der Waals surface area contributed by atoms with E-state index in [1.165, 1.54) is 65.3 Å². The van der Waals surface area contributed by atoms with Gasteiger partial charge in [-0.3, -0.25) is 0 Å². The maximum atomic E-state index is 6.61. The fourth-order valence-corrected chi connectivity index (χ4v) is 9.95. The standard InChI is InChI=1S/C59H35NO/c1-3-15-43-38(13-1)34-53(47-19-7-5-17-45(43)47)41-31-40(32-42(33-41)54-35-39-14-2-4-16-44(39)46-18-6-8-20-48(46)54)36-25-27-37(28-26-36)58-52-30-29-50-49-21-10-12-24-56(49)61-59(50)57(52)51-22-9-11-23-55(51)60-58/h1-35H. The van der Waals surface area contributed by atoms with Crippen LogP contribution in [0.2, 0.25) is 0 Å². The van der Waals surface area contributed by atoms with E-state index < -0.39 is 0 Å². The van der Waals surface area contributed by atoms with Crippen molar-refractivity contribution in [3.05, 3.63) is 212 Å². The maximum Gasteiger partial charge on any atom is 0.144 e. The number of rotatable bonds is 4. The van der Waals surface area contributed by atoms with Crippen molar-refractivity contribution in [1.29, 1.82) is 0 Å². The van der Waals surface area contributed by atoms with Gasteiger partial charge in [0.05, 0.1) is 11.2 Å². The van der Waals surface area contributed by atoms with E-state index in [9.17, 15) is 0 Å². The average molecular weight is 774 g/mol. The number of benzene rings is 11. The number of nitrogens with zero attached hydrogens (tertiary/aromatic N) is 1. The first-order valence-corrected chi connectivity index (χ1v) is 20.9. The maximum absolute atomic E-state index is 6.61. The van der Waals surface area contributed by atoms with Crippen LogP contribution in [0.1, 0.15) is 0 Å². The van der Waals surface area contributed by atoms with Crippen molar-refractivity contribution in [3.8, 4) is 44.6 Å². The van der Waals surface area contributed by atoms with Crippen molar-refractivity contribution in [3.63, 3.8) is 0 Å². The van der Waals surface area contributed by atoms with E-state index in [0.29, 0.717) is 0 Å². The van der Waals surface area contributed by atoms with Crippen LogP contribution < -0.4 is 0 Å². The molecule has 11 aromatic carbocycles. The second kappa shape index (κ2) is 13.2. The Bertz CT molecular complexity index is 3790. The quantitative estimate of drug-likeness (QED) is 0.167. The van der Waals surface area contributed by atoms with Crippen molar-refractivity contribution < 1.29 is 4.42 Å². The minimum absolute atomic E-state index is 0.895. The first-order chi connectivity index (χ1) is 30.2. The number of fused-ring (bicyclic) bond motifs is 13. The average Bonchev–Trinajstić information content (AvgIpc) is 3.72. The van der Waals surface area contributed by atoms with E-state index in [1.807, 2.05) is 6.07 Å². The Morgan fingerprint density at radius 1 is 0.295 bits per heavy atom. The van der Waals surface area contributed by atoms with Crippen molar-refractivity contribution in [1.82, 2.24) is 4.98 Å². The highest BCUT2D eigenvalue weighted by atomic mass is 16.3. The Morgan fingerprint density at radius 3 is 1.41 bits per heavy atom. The van der Waals surface area contributed by atoms with Crippen LogP contribution in [0.4, 0.5) is 0 Å². The summed E-state index contributed by atoms with van der Waals surface area (Å²) in [6.45, 7) is 0. The molecule has 0 bridgehead atoms. The molecule has 0 fully saturated rings. The number of furan rings is 1. The zero-order chi connectivity index (χ0) is 40.0. The monoisotopic (exact) mass is 773 g/mol. The van der Waals surface area contributed by atoms with Crippen LogP contribution in [0.3, 0.4) is 0 Å². The number of hydrogen-bond acceptors (Lipinski definition) is 2. The number of pyridine rings is 1. The second-order valence-electron chi connectivity index (χ2n) is 16.2. The molecule has 0 spiro atoms. The third-order valence-electron chi connectivity index (χ3n) is 12.8. The molecular weight excluding hydrogens is 739 g/mol. The van der Waals surface area contributed by atoms with E-state index in [2.05, 4.69) is 206 Å². The van der Waals surface area contributed by atoms with Crippen molar-refractivity contribution in [2.24, 2.45) is 0 Å². The smallest absolute Gasteiger partial charge is 0.144 e. The predicted octanol–water partition coefficient (Wildman–Crippen LogP) is 16.6. The van der Waals surface area contributed by atoms with Gasteiger partial charge in [0.25, 0.3) is 0 Å². The van der Waals surface area contributed by atoms with E-state index in [4.69, 9.17) is 9.40 Å². The van der Waals surface area contributed by atoms with Gasteiger partial charge < -0.3 is 4.42 Å². The minimum atomic E-state index is 0.895. The van der Waals surface area contributed by atoms with E-state index in [-0.39, 0.29) is 0 Å². The SMILES string of the molecule is c1ccc2c(c1)cc(-c1cc(-c3ccc(-c4nc5ccccc5c5c4ccc4c6ccccc6oc45)cc3)cc(-c3cc4ccccc4c4ccccc34)c1)c1ccccc12. The molecule has 282 valence electrons. The van der Waals surface area contributed by atoms with Crippen LogP contribution in [0.5, 0.6) is 0 Å². The van der Waals surface area contributed by atoms with Crippen LogP contribution in [-0.4, -0.2) is 4.98 Å². The summed E-state index contributed by atoms with van der Waals surface area (Å²) in [7, 11) is 0. The molecule has 2 heteroatoms. The molecule has 0 radical (unpaired) electrons. The molecule has 13 rings (SSSR count). The van der Waals surface area contributed by atoms with Gasteiger partial charge in [0.15, 0.2) is 0 Å². The summed E-state index contributed by atoms with van der Waals surface area (Å²) < 4.78 is 6.61. The van der Waals surface area contributed by atoms with Crippen molar-refractivity contribution in [2.45, 2.75) is 0 Å². The Hall–Kier alpha value is -8.07. The van der Waals surface area contributed by atoms with Gasteiger partial charge in [-0.2, -0.15) is 0 Å². The molecule has 0 aliphatic rings. The largest absolute Gasteiger partial charge is 0.455 e. The highest BCUT2D eigenvalue weighted by Gasteiger charge is 2.19. The highest BCUT2D eigenvalue weighted by molar-refractivity contribution is 6.25. The van der Waals surface area contributed by atoms with Crippen LogP contribution in [0.25, 0.3) is 131 Å².